The zero-order chi connectivity index (χ0) is 22.5. The van der Waals surface area contributed by atoms with Gasteiger partial charge < -0.3 is 21.9 Å². The summed E-state index contributed by atoms with van der Waals surface area (Å²) in [7, 11) is 0. The van der Waals surface area contributed by atoms with Crippen LogP contribution in [0.5, 0.6) is 0 Å². The lowest BCUT2D eigenvalue weighted by molar-refractivity contribution is 0.100. The van der Waals surface area contributed by atoms with E-state index in [4.69, 9.17) is 23.1 Å². The summed E-state index contributed by atoms with van der Waals surface area (Å²) >= 11 is 6.23. The molecule has 2 atom stereocenters. The fourth-order valence-corrected chi connectivity index (χ4v) is 3.53. The molecule has 2 aromatic carbocycles. The van der Waals surface area contributed by atoms with Crippen LogP contribution in [0, 0.1) is 6.92 Å². The zero-order valence-corrected chi connectivity index (χ0v) is 18.2. The number of nitrogens with two attached hydrogens (primary N) is 2. The summed E-state index contributed by atoms with van der Waals surface area (Å²) in [5.74, 6) is 0.152. The van der Waals surface area contributed by atoms with Crippen LogP contribution in [0.3, 0.4) is 0 Å². The van der Waals surface area contributed by atoms with Gasteiger partial charge in [0.15, 0.2) is 0 Å². The van der Waals surface area contributed by atoms with Gasteiger partial charge in [-0.15, -0.1) is 0 Å². The first-order valence-corrected chi connectivity index (χ1v) is 10.4. The van der Waals surface area contributed by atoms with Crippen molar-refractivity contribution in [2.75, 3.05) is 17.6 Å². The van der Waals surface area contributed by atoms with E-state index in [0.717, 1.165) is 16.7 Å². The quantitative estimate of drug-likeness (QED) is 0.423. The fourth-order valence-electron chi connectivity index (χ4n) is 3.35. The number of hydrogen-bond acceptors (Lipinski definition) is 6. The molecule has 3 rings (SSSR count). The highest BCUT2D eigenvalue weighted by Crippen LogP contribution is 2.29. The molecule has 0 aliphatic heterocycles. The van der Waals surface area contributed by atoms with Crippen molar-refractivity contribution in [1.29, 1.82) is 0 Å². The number of halogens is 1. The number of nitrogens with zero attached hydrogens (tertiary/aromatic N) is 2. The Balaban J connectivity index is 1.64. The lowest BCUT2D eigenvalue weighted by atomic mass is 9.92. The monoisotopic (exact) mass is 439 g/mol. The van der Waals surface area contributed by atoms with Crippen molar-refractivity contribution < 1.29 is 9.90 Å². The van der Waals surface area contributed by atoms with Gasteiger partial charge in [-0.05, 0) is 42.7 Å². The van der Waals surface area contributed by atoms with Crippen molar-refractivity contribution in [1.82, 2.24) is 9.97 Å². The third-order valence-corrected chi connectivity index (χ3v) is 5.74. The Morgan fingerprint density at radius 2 is 1.90 bits per heavy atom. The molecule has 0 bridgehead atoms. The Bertz CT molecular complexity index is 1070. The Labute approximate surface area is 186 Å². The summed E-state index contributed by atoms with van der Waals surface area (Å²) in [4.78, 5) is 19.8. The van der Waals surface area contributed by atoms with Gasteiger partial charge in [0.1, 0.15) is 5.82 Å². The van der Waals surface area contributed by atoms with Crippen LogP contribution in [0.2, 0.25) is 5.02 Å². The standard InChI is InChI=1S/C23H26ClN5O2/c1-13(15-6-8-16(9-7-15)22(25)31)20(30)10-11-27-21-12-19(28-23(26)29-21)17-4-3-5-18(24)14(17)2/h3-9,12-13,20,30H,10-11H2,1-2H3,(H2,25,31)(H3,26,27,28,29). The molecule has 0 fully saturated rings. The van der Waals surface area contributed by atoms with Crippen molar-refractivity contribution in [3.8, 4) is 11.3 Å². The number of aliphatic hydroxyl groups is 1. The molecule has 1 aromatic heterocycles. The maximum Gasteiger partial charge on any atom is 0.248 e. The third kappa shape index (κ3) is 5.51. The maximum atomic E-state index is 11.2. The van der Waals surface area contributed by atoms with Crippen LogP contribution in [0.1, 0.15) is 40.7 Å². The van der Waals surface area contributed by atoms with Gasteiger partial charge in [0.2, 0.25) is 11.9 Å². The number of carbonyl (C=O) groups is 1. The summed E-state index contributed by atoms with van der Waals surface area (Å²) in [6.07, 6.45) is -0.0884. The number of primary amides is 1. The van der Waals surface area contributed by atoms with E-state index in [1.54, 1.807) is 12.1 Å². The van der Waals surface area contributed by atoms with Crippen molar-refractivity contribution in [3.63, 3.8) is 0 Å². The molecular weight excluding hydrogens is 414 g/mol. The van der Waals surface area contributed by atoms with Crippen LogP contribution in [0.25, 0.3) is 11.3 Å². The minimum atomic E-state index is -0.583. The lowest BCUT2D eigenvalue weighted by Crippen LogP contribution is -2.20. The third-order valence-electron chi connectivity index (χ3n) is 5.33. The van der Waals surface area contributed by atoms with Crippen LogP contribution in [0.4, 0.5) is 11.8 Å². The van der Waals surface area contributed by atoms with Gasteiger partial charge in [0.05, 0.1) is 11.8 Å². The van der Waals surface area contributed by atoms with Gasteiger partial charge in [-0.25, -0.2) is 4.98 Å². The smallest absolute Gasteiger partial charge is 0.248 e. The van der Waals surface area contributed by atoms with Crippen molar-refractivity contribution in [3.05, 3.63) is 70.2 Å². The minimum absolute atomic E-state index is 0.108. The van der Waals surface area contributed by atoms with E-state index in [1.165, 1.54) is 0 Å². The molecule has 31 heavy (non-hydrogen) atoms. The lowest BCUT2D eigenvalue weighted by Gasteiger charge is -2.20. The summed E-state index contributed by atoms with van der Waals surface area (Å²) in [5.41, 5.74) is 15.0. The van der Waals surface area contributed by atoms with Crippen LogP contribution >= 0.6 is 11.6 Å². The highest BCUT2D eigenvalue weighted by Gasteiger charge is 2.17. The fraction of sp³-hybridized carbons (Fsp3) is 0.261. The molecule has 0 aliphatic rings. The molecule has 0 aliphatic carbocycles. The number of aromatic nitrogens is 2. The van der Waals surface area contributed by atoms with Crippen molar-refractivity contribution >= 4 is 29.3 Å². The largest absolute Gasteiger partial charge is 0.392 e. The van der Waals surface area contributed by atoms with Crippen LogP contribution < -0.4 is 16.8 Å². The number of nitrogens with one attached hydrogen (secondary N) is 1. The topological polar surface area (TPSA) is 127 Å². The molecule has 0 spiro atoms. The molecule has 0 saturated heterocycles. The second-order valence-corrected chi connectivity index (χ2v) is 7.87. The Kier molecular flexibility index (Phi) is 7.09. The summed E-state index contributed by atoms with van der Waals surface area (Å²) in [6.45, 7) is 4.36. The molecule has 162 valence electrons. The van der Waals surface area contributed by atoms with E-state index in [9.17, 15) is 9.90 Å². The molecule has 1 heterocycles. The average molecular weight is 440 g/mol. The molecule has 8 heteroatoms. The predicted octanol–water partition coefficient (Wildman–Crippen LogP) is 3.75. The first-order valence-electron chi connectivity index (χ1n) is 9.98. The maximum absolute atomic E-state index is 11.2. The van der Waals surface area contributed by atoms with Gasteiger partial charge in [0, 0.05) is 34.7 Å². The first kappa shape index (κ1) is 22.5. The number of amides is 1. The molecule has 0 saturated carbocycles. The number of aliphatic hydroxyl groups excluding tert-OH is 1. The summed E-state index contributed by atoms with van der Waals surface area (Å²) < 4.78 is 0. The normalized spacial score (nSPS) is 12.9. The average Bonchev–Trinajstić information content (AvgIpc) is 2.74. The van der Waals surface area contributed by atoms with E-state index in [-0.39, 0.29) is 11.9 Å². The van der Waals surface area contributed by atoms with Crippen molar-refractivity contribution in [2.24, 2.45) is 5.73 Å². The summed E-state index contributed by atoms with van der Waals surface area (Å²) in [5, 5.41) is 14.4. The predicted molar refractivity (Wildman–Crippen MR) is 124 cm³/mol. The summed E-state index contributed by atoms with van der Waals surface area (Å²) in [6, 6.07) is 14.4. The Hall–Kier alpha value is -3.16. The second-order valence-electron chi connectivity index (χ2n) is 7.47. The number of benzene rings is 2. The molecule has 1 amide bonds. The molecule has 7 nitrogen and oxygen atoms in total. The van der Waals surface area contributed by atoms with Gasteiger partial charge in [-0.2, -0.15) is 4.98 Å². The highest BCUT2D eigenvalue weighted by atomic mass is 35.5. The van der Waals surface area contributed by atoms with E-state index in [0.29, 0.717) is 35.1 Å². The Morgan fingerprint density at radius 3 is 2.58 bits per heavy atom. The molecule has 6 N–H and O–H groups in total. The number of carbonyl (C=O) groups excluding carboxylic acids is 1. The Morgan fingerprint density at radius 1 is 1.19 bits per heavy atom. The van der Waals surface area contributed by atoms with Crippen LogP contribution in [-0.4, -0.2) is 33.6 Å². The zero-order valence-electron chi connectivity index (χ0n) is 17.5. The molecule has 3 aromatic rings. The minimum Gasteiger partial charge on any atom is -0.392 e. The number of nitrogen functional groups attached to an aromatic ring is 1. The van der Waals surface area contributed by atoms with Gasteiger partial charge in [0.25, 0.3) is 0 Å². The molecular formula is C23H26ClN5O2. The van der Waals surface area contributed by atoms with E-state index >= 15 is 0 Å². The number of rotatable bonds is 8. The highest BCUT2D eigenvalue weighted by molar-refractivity contribution is 6.31. The van der Waals surface area contributed by atoms with Crippen LogP contribution in [-0.2, 0) is 0 Å². The van der Waals surface area contributed by atoms with Gasteiger partial charge in [-0.3, -0.25) is 4.79 Å². The number of hydrogen-bond donors (Lipinski definition) is 4. The molecule has 2 unspecified atom stereocenters. The van der Waals surface area contributed by atoms with E-state index < -0.39 is 12.0 Å². The second kappa shape index (κ2) is 9.76. The van der Waals surface area contributed by atoms with Gasteiger partial charge in [-0.1, -0.05) is 42.8 Å². The SMILES string of the molecule is Cc1c(Cl)cccc1-c1cc(NCCC(O)C(C)c2ccc(C(N)=O)cc2)nc(N)n1. The van der Waals surface area contributed by atoms with Crippen LogP contribution in [0.15, 0.2) is 48.5 Å². The van der Waals surface area contributed by atoms with E-state index in [2.05, 4.69) is 15.3 Å². The molecule has 0 radical (unpaired) electrons. The van der Waals surface area contributed by atoms with Crippen molar-refractivity contribution in [2.45, 2.75) is 32.3 Å². The van der Waals surface area contributed by atoms with Gasteiger partial charge >= 0.3 is 0 Å². The number of anilines is 2. The van der Waals surface area contributed by atoms with E-state index in [1.807, 2.05) is 50.2 Å². The first-order chi connectivity index (χ1) is 14.8.